The summed E-state index contributed by atoms with van der Waals surface area (Å²) in [6, 6.07) is 2.15. The standard InChI is InChI=1S/C14H14BrClN2O4/c1-6-10(13(19)22-3)11(18-14(20)17-6)8-4-7(16)5-9(15)12(8)21-2/h4-5,11H,1-3H3,(H2,17,18,20). The Balaban J connectivity index is 2.65. The molecule has 2 rings (SSSR count). The summed E-state index contributed by atoms with van der Waals surface area (Å²) < 4.78 is 10.8. The lowest BCUT2D eigenvalue weighted by Gasteiger charge is -2.29. The van der Waals surface area contributed by atoms with E-state index < -0.39 is 18.0 Å². The van der Waals surface area contributed by atoms with Gasteiger partial charge in [0.05, 0.1) is 30.3 Å². The zero-order valence-corrected chi connectivity index (χ0v) is 14.5. The van der Waals surface area contributed by atoms with Gasteiger partial charge in [-0.2, -0.15) is 0 Å². The highest BCUT2D eigenvalue weighted by Crippen LogP contribution is 2.39. The second kappa shape index (κ2) is 6.58. The first-order valence-corrected chi connectivity index (χ1v) is 7.45. The molecule has 1 aliphatic heterocycles. The van der Waals surface area contributed by atoms with Crippen LogP contribution in [0.15, 0.2) is 27.9 Å². The van der Waals surface area contributed by atoms with Gasteiger partial charge in [-0.15, -0.1) is 0 Å². The third-order valence-corrected chi connectivity index (χ3v) is 4.03. The van der Waals surface area contributed by atoms with Crippen molar-refractivity contribution in [2.45, 2.75) is 13.0 Å². The molecule has 2 amide bonds. The van der Waals surface area contributed by atoms with Crippen LogP contribution in [0.2, 0.25) is 5.02 Å². The van der Waals surface area contributed by atoms with E-state index in [4.69, 9.17) is 21.1 Å². The molecule has 2 N–H and O–H groups in total. The van der Waals surface area contributed by atoms with Crippen molar-refractivity contribution in [3.63, 3.8) is 0 Å². The minimum absolute atomic E-state index is 0.287. The zero-order valence-electron chi connectivity index (χ0n) is 12.1. The number of halogens is 2. The van der Waals surface area contributed by atoms with Gasteiger partial charge < -0.3 is 20.1 Å². The van der Waals surface area contributed by atoms with E-state index in [1.807, 2.05) is 0 Å². The number of nitrogens with one attached hydrogen (secondary N) is 2. The minimum atomic E-state index is -0.730. The van der Waals surface area contributed by atoms with Crippen LogP contribution in [0.5, 0.6) is 5.75 Å². The summed E-state index contributed by atoms with van der Waals surface area (Å²) in [7, 11) is 2.77. The van der Waals surface area contributed by atoms with Crippen LogP contribution in [0.4, 0.5) is 4.79 Å². The molecular formula is C14H14BrClN2O4. The number of carbonyl (C=O) groups excluding carboxylic acids is 2. The largest absolute Gasteiger partial charge is 0.495 e. The second-order valence-corrected chi connectivity index (χ2v) is 5.86. The molecule has 1 aliphatic rings. The molecule has 0 aromatic heterocycles. The summed E-state index contributed by atoms with van der Waals surface area (Å²) in [6.07, 6.45) is 0. The average molecular weight is 390 g/mol. The maximum absolute atomic E-state index is 12.1. The molecule has 118 valence electrons. The second-order valence-electron chi connectivity index (χ2n) is 4.57. The van der Waals surface area contributed by atoms with Crippen LogP contribution in [0.1, 0.15) is 18.5 Å². The minimum Gasteiger partial charge on any atom is -0.495 e. The Morgan fingerprint density at radius 3 is 2.64 bits per heavy atom. The fourth-order valence-electron chi connectivity index (χ4n) is 2.32. The molecule has 22 heavy (non-hydrogen) atoms. The van der Waals surface area contributed by atoms with Crippen LogP contribution in [0.25, 0.3) is 0 Å². The fraction of sp³-hybridized carbons (Fsp3) is 0.286. The summed E-state index contributed by atoms with van der Waals surface area (Å²) >= 11 is 9.45. The van der Waals surface area contributed by atoms with Crippen LogP contribution in [0.3, 0.4) is 0 Å². The first-order chi connectivity index (χ1) is 10.4. The smallest absolute Gasteiger partial charge is 0.337 e. The predicted molar refractivity (Wildman–Crippen MR) is 84.8 cm³/mol. The monoisotopic (exact) mass is 388 g/mol. The van der Waals surface area contributed by atoms with Crippen LogP contribution in [-0.2, 0) is 9.53 Å². The SMILES string of the molecule is COC(=O)C1=C(C)NC(=O)NC1c1cc(Cl)cc(Br)c1OC. The van der Waals surface area contributed by atoms with Crippen LogP contribution in [0, 0.1) is 0 Å². The van der Waals surface area contributed by atoms with E-state index in [2.05, 4.69) is 26.6 Å². The van der Waals surface area contributed by atoms with Crippen molar-refractivity contribution in [3.05, 3.63) is 38.5 Å². The summed E-state index contributed by atoms with van der Waals surface area (Å²) in [5.41, 5.74) is 1.25. The molecular weight excluding hydrogens is 376 g/mol. The third kappa shape index (κ3) is 3.05. The number of rotatable bonds is 3. The lowest BCUT2D eigenvalue weighted by molar-refractivity contribution is -0.136. The van der Waals surface area contributed by atoms with Crippen molar-refractivity contribution in [2.24, 2.45) is 0 Å². The molecule has 0 saturated carbocycles. The Kier molecular flexibility index (Phi) is 4.97. The van der Waals surface area contributed by atoms with Crippen LogP contribution >= 0.6 is 27.5 Å². The number of methoxy groups -OCH3 is 2. The first-order valence-electron chi connectivity index (χ1n) is 6.28. The maximum Gasteiger partial charge on any atom is 0.337 e. The maximum atomic E-state index is 12.1. The summed E-state index contributed by atoms with van der Waals surface area (Å²) in [5, 5.41) is 5.69. The van der Waals surface area contributed by atoms with E-state index in [-0.39, 0.29) is 5.57 Å². The van der Waals surface area contributed by atoms with Gasteiger partial charge in [0.25, 0.3) is 0 Å². The normalized spacial score (nSPS) is 17.7. The number of esters is 1. The molecule has 0 fully saturated rings. The van der Waals surface area contributed by atoms with E-state index in [0.717, 1.165) is 0 Å². The topological polar surface area (TPSA) is 76.7 Å². The Labute approximate surface area is 140 Å². The molecule has 1 heterocycles. The van der Waals surface area contributed by atoms with Gasteiger partial charge in [-0.05, 0) is 35.0 Å². The van der Waals surface area contributed by atoms with Gasteiger partial charge in [0.15, 0.2) is 0 Å². The molecule has 1 unspecified atom stereocenters. The molecule has 1 atom stereocenters. The molecule has 0 bridgehead atoms. The Bertz CT molecular complexity index is 675. The molecule has 1 aromatic carbocycles. The van der Waals surface area contributed by atoms with Crippen molar-refractivity contribution < 1.29 is 19.1 Å². The fourth-order valence-corrected chi connectivity index (χ4v) is 3.31. The van der Waals surface area contributed by atoms with Gasteiger partial charge in [0.2, 0.25) is 0 Å². The van der Waals surface area contributed by atoms with Crippen LogP contribution < -0.4 is 15.4 Å². The van der Waals surface area contributed by atoms with E-state index in [1.54, 1.807) is 19.1 Å². The highest BCUT2D eigenvalue weighted by Gasteiger charge is 2.34. The molecule has 0 aliphatic carbocycles. The molecule has 8 heteroatoms. The first kappa shape index (κ1) is 16.6. The van der Waals surface area contributed by atoms with Gasteiger partial charge in [-0.25, -0.2) is 9.59 Å². The number of hydrogen-bond acceptors (Lipinski definition) is 4. The Morgan fingerprint density at radius 1 is 1.36 bits per heavy atom. The number of hydrogen-bond donors (Lipinski definition) is 2. The molecule has 0 saturated heterocycles. The van der Waals surface area contributed by atoms with Gasteiger partial charge in [0, 0.05) is 16.3 Å². The quantitative estimate of drug-likeness (QED) is 0.779. The number of urea groups is 1. The number of amides is 2. The lowest BCUT2D eigenvalue weighted by Crippen LogP contribution is -2.45. The number of carbonyl (C=O) groups is 2. The molecule has 1 aromatic rings. The van der Waals surface area contributed by atoms with E-state index in [9.17, 15) is 9.59 Å². The lowest BCUT2D eigenvalue weighted by atomic mass is 9.95. The van der Waals surface area contributed by atoms with Crippen molar-refractivity contribution in [1.82, 2.24) is 10.6 Å². The van der Waals surface area contributed by atoms with E-state index in [1.165, 1.54) is 14.2 Å². The van der Waals surface area contributed by atoms with E-state index >= 15 is 0 Å². The summed E-state index contributed by atoms with van der Waals surface area (Å²) in [6.45, 7) is 1.63. The van der Waals surface area contributed by atoms with Gasteiger partial charge in [-0.3, -0.25) is 0 Å². The van der Waals surface area contributed by atoms with Crippen molar-refractivity contribution in [2.75, 3.05) is 14.2 Å². The molecule has 0 spiro atoms. The number of ether oxygens (including phenoxy) is 2. The number of benzene rings is 1. The highest BCUT2D eigenvalue weighted by molar-refractivity contribution is 9.10. The summed E-state index contributed by atoms with van der Waals surface area (Å²) in [5.74, 6) is -0.0704. The van der Waals surface area contributed by atoms with Gasteiger partial charge >= 0.3 is 12.0 Å². The Morgan fingerprint density at radius 2 is 2.05 bits per heavy atom. The van der Waals surface area contributed by atoms with E-state index in [0.29, 0.717) is 26.5 Å². The predicted octanol–water partition coefficient (Wildman–Crippen LogP) is 2.91. The zero-order chi connectivity index (χ0) is 16.4. The number of allylic oxidation sites excluding steroid dienone is 1. The third-order valence-electron chi connectivity index (χ3n) is 3.23. The molecule has 6 nitrogen and oxygen atoms in total. The average Bonchev–Trinajstić information content (AvgIpc) is 2.45. The summed E-state index contributed by atoms with van der Waals surface area (Å²) in [4.78, 5) is 23.9. The van der Waals surface area contributed by atoms with Gasteiger partial charge in [-0.1, -0.05) is 11.6 Å². The Hall–Kier alpha value is -1.73. The van der Waals surface area contributed by atoms with Crippen molar-refractivity contribution in [1.29, 1.82) is 0 Å². The molecule has 0 radical (unpaired) electrons. The van der Waals surface area contributed by atoms with Gasteiger partial charge in [0.1, 0.15) is 5.75 Å². The van der Waals surface area contributed by atoms with Crippen LogP contribution in [-0.4, -0.2) is 26.2 Å². The van der Waals surface area contributed by atoms with Crippen molar-refractivity contribution in [3.8, 4) is 5.75 Å². The van der Waals surface area contributed by atoms with Crippen molar-refractivity contribution >= 4 is 39.5 Å². The highest BCUT2D eigenvalue weighted by atomic mass is 79.9.